The van der Waals surface area contributed by atoms with E-state index >= 15 is 0 Å². The fourth-order valence-corrected chi connectivity index (χ4v) is 4.89. The first kappa shape index (κ1) is 17.6. The summed E-state index contributed by atoms with van der Waals surface area (Å²) in [5, 5.41) is 4.18. The van der Waals surface area contributed by atoms with Gasteiger partial charge in [-0.3, -0.25) is 4.90 Å². The molecule has 1 aliphatic rings. The Hall–Kier alpha value is -1.21. The van der Waals surface area contributed by atoms with Crippen LogP contribution in [0.2, 0.25) is 0 Å². The third kappa shape index (κ3) is 4.25. The number of hydrogen-bond donors (Lipinski definition) is 1. The molecule has 2 heterocycles. The van der Waals surface area contributed by atoms with E-state index in [4.69, 9.17) is 0 Å². The van der Waals surface area contributed by atoms with Gasteiger partial charge < -0.3 is 0 Å². The second-order valence-corrected chi connectivity index (χ2v) is 8.88. The zero-order valence-electron chi connectivity index (χ0n) is 13.9. The van der Waals surface area contributed by atoms with Crippen molar-refractivity contribution in [2.24, 2.45) is 0 Å². The lowest BCUT2D eigenvalue weighted by atomic mass is 10.0. The van der Waals surface area contributed by atoms with Gasteiger partial charge in [0.2, 0.25) is 10.0 Å². The second-order valence-electron chi connectivity index (χ2n) is 6.33. The molecular formula is C18H24N2O2S2. The molecule has 1 unspecified atom stereocenters. The van der Waals surface area contributed by atoms with Crippen LogP contribution in [0.1, 0.15) is 36.4 Å². The highest BCUT2D eigenvalue weighted by Crippen LogP contribution is 2.26. The standard InChI is InChI=1S/C18H24N2O2S2/c1-15-5-7-17(8-6-15)24(21,22)19-13-18(16-9-12-23-14-16)20-10-3-2-4-11-20/h5-9,12,14,18-19H,2-4,10-11,13H2,1H3. The van der Waals surface area contributed by atoms with E-state index in [9.17, 15) is 8.42 Å². The molecule has 0 saturated carbocycles. The quantitative estimate of drug-likeness (QED) is 0.853. The van der Waals surface area contributed by atoms with Crippen LogP contribution in [0.15, 0.2) is 46.0 Å². The van der Waals surface area contributed by atoms with Crippen LogP contribution >= 0.6 is 11.3 Å². The van der Waals surface area contributed by atoms with Gasteiger partial charge in [-0.15, -0.1) is 0 Å². The summed E-state index contributed by atoms with van der Waals surface area (Å²) in [6.07, 6.45) is 3.64. The summed E-state index contributed by atoms with van der Waals surface area (Å²) in [4.78, 5) is 2.74. The maximum atomic E-state index is 12.6. The van der Waals surface area contributed by atoms with E-state index in [0.29, 0.717) is 11.4 Å². The Balaban J connectivity index is 1.74. The molecule has 0 aliphatic carbocycles. The molecule has 1 aromatic heterocycles. The summed E-state index contributed by atoms with van der Waals surface area (Å²) in [7, 11) is -3.48. The summed E-state index contributed by atoms with van der Waals surface area (Å²) < 4.78 is 28.0. The molecule has 1 N–H and O–H groups in total. The first-order chi connectivity index (χ1) is 11.6. The van der Waals surface area contributed by atoms with Gasteiger partial charge in [-0.05, 0) is 67.4 Å². The highest BCUT2D eigenvalue weighted by molar-refractivity contribution is 7.89. The zero-order valence-corrected chi connectivity index (χ0v) is 15.6. The lowest BCUT2D eigenvalue weighted by Crippen LogP contribution is -2.40. The van der Waals surface area contributed by atoms with Crippen molar-refractivity contribution in [2.75, 3.05) is 19.6 Å². The van der Waals surface area contributed by atoms with Gasteiger partial charge in [0, 0.05) is 12.6 Å². The summed E-state index contributed by atoms with van der Waals surface area (Å²) in [6, 6.07) is 9.20. The topological polar surface area (TPSA) is 49.4 Å². The number of thiophene rings is 1. The maximum absolute atomic E-state index is 12.6. The summed E-state index contributed by atoms with van der Waals surface area (Å²) in [5.41, 5.74) is 2.26. The smallest absolute Gasteiger partial charge is 0.240 e. The number of nitrogens with zero attached hydrogens (tertiary/aromatic N) is 1. The number of likely N-dealkylation sites (tertiary alicyclic amines) is 1. The van der Waals surface area contributed by atoms with Crippen LogP contribution < -0.4 is 4.72 Å². The zero-order chi connectivity index (χ0) is 17.0. The minimum atomic E-state index is -3.48. The van der Waals surface area contributed by atoms with Crippen LogP contribution in [0.4, 0.5) is 0 Å². The molecule has 1 fully saturated rings. The molecule has 3 rings (SSSR count). The molecule has 1 atom stereocenters. The van der Waals surface area contributed by atoms with Crippen molar-refractivity contribution in [1.82, 2.24) is 9.62 Å². The van der Waals surface area contributed by atoms with Crippen molar-refractivity contribution in [1.29, 1.82) is 0 Å². The largest absolute Gasteiger partial charge is 0.295 e. The highest BCUT2D eigenvalue weighted by atomic mass is 32.2. The van der Waals surface area contributed by atoms with Gasteiger partial charge in [0.05, 0.1) is 4.90 Å². The van der Waals surface area contributed by atoms with Crippen LogP contribution in [0, 0.1) is 6.92 Å². The number of sulfonamides is 1. The van der Waals surface area contributed by atoms with Crippen molar-refractivity contribution < 1.29 is 8.42 Å². The average Bonchev–Trinajstić information content (AvgIpc) is 3.11. The van der Waals surface area contributed by atoms with E-state index in [1.807, 2.05) is 19.1 Å². The van der Waals surface area contributed by atoms with Crippen LogP contribution in [-0.2, 0) is 10.0 Å². The molecule has 0 bridgehead atoms. The Morgan fingerprint density at radius 3 is 2.46 bits per heavy atom. The molecule has 0 amide bonds. The van der Waals surface area contributed by atoms with Crippen molar-refractivity contribution in [3.63, 3.8) is 0 Å². The van der Waals surface area contributed by atoms with Gasteiger partial charge in [0.15, 0.2) is 0 Å². The molecule has 2 aromatic rings. The Morgan fingerprint density at radius 2 is 1.83 bits per heavy atom. The molecule has 4 nitrogen and oxygen atoms in total. The summed E-state index contributed by atoms with van der Waals surface area (Å²) in [5.74, 6) is 0. The van der Waals surface area contributed by atoms with E-state index in [-0.39, 0.29) is 6.04 Å². The molecule has 24 heavy (non-hydrogen) atoms. The monoisotopic (exact) mass is 364 g/mol. The van der Waals surface area contributed by atoms with E-state index in [1.54, 1.807) is 23.5 Å². The van der Waals surface area contributed by atoms with Gasteiger partial charge in [-0.1, -0.05) is 24.1 Å². The number of piperidine rings is 1. The normalized spacial score (nSPS) is 17.7. The molecule has 6 heteroatoms. The Bertz CT molecular complexity index is 734. The van der Waals surface area contributed by atoms with E-state index in [0.717, 1.165) is 18.7 Å². The van der Waals surface area contributed by atoms with Crippen LogP contribution in [0.5, 0.6) is 0 Å². The van der Waals surface area contributed by atoms with Gasteiger partial charge in [-0.25, -0.2) is 13.1 Å². The molecule has 1 aliphatic heterocycles. The van der Waals surface area contributed by atoms with Crippen molar-refractivity contribution >= 4 is 21.4 Å². The van der Waals surface area contributed by atoms with E-state index < -0.39 is 10.0 Å². The van der Waals surface area contributed by atoms with E-state index in [1.165, 1.54) is 24.8 Å². The van der Waals surface area contributed by atoms with Crippen LogP contribution in [0.3, 0.4) is 0 Å². The van der Waals surface area contributed by atoms with Crippen LogP contribution in [-0.4, -0.2) is 33.0 Å². The molecular weight excluding hydrogens is 340 g/mol. The Morgan fingerprint density at radius 1 is 1.12 bits per heavy atom. The van der Waals surface area contributed by atoms with Gasteiger partial charge in [0.25, 0.3) is 0 Å². The predicted molar refractivity (Wildman–Crippen MR) is 98.9 cm³/mol. The SMILES string of the molecule is Cc1ccc(S(=O)(=O)NCC(c2ccsc2)N2CCCCC2)cc1. The predicted octanol–water partition coefficient (Wildman–Crippen LogP) is 3.56. The van der Waals surface area contributed by atoms with Gasteiger partial charge in [-0.2, -0.15) is 11.3 Å². The molecule has 0 radical (unpaired) electrons. The summed E-state index contributed by atoms with van der Waals surface area (Å²) >= 11 is 1.66. The van der Waals surface area contributed by atoms with Crippen molar-refractivity contribution in [3.05, 3.63) is 52.2 Å². The van der Waals surface area contributed by atoms with Crippen LogP contribution in [0.25, 0.3) is 0 Å². The van der Waals surface area contributed by atoms with Gasteiger partial charge in [0.1, 0.15) is 0 Å². The van der Waals surface area contributed by atoms with Crippen molar-refractivity contribution in [2.45, 2.75) is 37.1 Å². The number of aryl methyl sites for hydroxylation is 1. The Labute approximate surface area is 148 Å². The molecule has 1 aromatic carbocycles. The summed E-state index contributed by atoms with van der Waals surface area (Å²) in [6.45, 7) is 4.43. The third-order valence-electron chi connectivity index (χ3n) is 4.56. The Kier molecular flexibility index (Phi) is 5.71. The average molecular weight is 365 g/mol. The fraction of sp³-hybridized carbons (Fsp3) is 0.444. The number of hydrogen-bond acceptors (Lipinski definition) is 4. The minimum Gasteiger partial charge on any atom is -0.295 e. The molecule has 1 saturated heterocycles. The molecule has 0 spiro atoms. The maximum Gasteiger partial charge on any atom is 0.240 e. The second kappa shape index (κ2) is 7.78. The third-order valence-corrected chi connectivity index (χ3v) is 6.70. The minimum absolute atomic E-state index is 0.108. The first-order valence-corrected chi connectivity index (χ1v) is 10.8. The first-order valence-electron chi connectivity index (χ1n) is 8.39. The van der Waals surface area contributed by atoms with E-state index in [2.05, 4.69) is 26.4 Å². The fourth-order valence-electron chi connectivity index (χ4n) is 3.14. The lowest BCUT2D eigenvalue weighted by Gasteiger charge is -2.34. The number of rotatable bonds is 6. The lowest BCUT2D eigenvalue weighted by molar-refractivity contribution is 0.165. The number of nitrogens with one attached hydrogen (secondary N) is 1. The van der Waals surface area contributed by atoms with Gasteiger partial charge >= 0.3 is 0 Å². The van der Waals surface area contributed by atoms with Crippen molar-refractivity contribution in [3.8, 4) is 0 Å². The number of benzene rings is 1. The highest BCUT2D eigenvalue weighted by Gasteiger charge is 2.25. The molecule has 130 valence electrons.